The number of benzene rings is 2. The van der Waals surface area contributed by atoms with E-state index in [0.717, 1.165) is 12.0 Å². The first kappa shape index (κ1) is 16.9. The number of rotatable bonds is 8. The third-order valence-electron chi connectivity index (χ3n) is 3.65. The smallest absolute Gasteiger partial charge is 0.227 e. The van der Waals surface area contributed by atoms with Gasteiger partial charge in [-0.15, -0.1) is 0 Å². The van der Waals surface area contributed by atoms with Gasteiger partial charge in [-0.3, -0.25) is 4.79 Å². The van der Waals surface area contributed by atoms with Crippen LogP contribution in [0.2, 0.25) is 0 Å². The summed E-state index contributed by atoms with van der Waals surface area (Å²) < 4.78 is 10.9. The average molecular weight is 313 g/mol. The van der Waals surface area contributed by atoms with Gasteiger partial charge in [0.2, 0.25) is 5.91 Å². The second kappa shape index (κ2) is 8.83. The Hall–Kier alpha value is -2.49. The van der Waals surface area contributed by atoms with Crippen molar-refractivity contribution in [3.05, 3.63) is 60.2 Å². The van der Waals surface area contributed by atoms with Gasteiger partial charge in [0.15, 0.2) is 11.5 Å². The summed E-state index contributed by atoms with van der Waals surface area (Å²) in [5.41, 5.74) is 1.04. The zero-order valence-electron chi connectivity index (χ0n) is 13.6. The van der Waals surface area contributed by atoms with E-state index in [-0.39, 0.29) is 11.8 Å². The van der Waals surface area contributed by atoms with Crippen molar-refractivity contribution >= 4 is 5.91 Å². The maximum absolute atomic E-state index is 12.3. The van der Waals surface area contributed by atoms with Gasteiger partial charge in [0, 0.05) is 0 Å². The maximum atomic E-state index is 12.3. The van der Waals surface area contributed by atoms with Crippen LogP contribution in [-0.4, -0.2) is 26.2 Å². The van der Waals surface area contributed by atoms with Gasteiger partial charge in [0.05, 0.1) is 19.6 Å². The van der Waals surface area contributed by atoms with Crippen molar-refractivity contribution in [2.75, 3.05) is 20.3 Å². The quantitative estimate of drug-likeness (QED) is 0.760. The normalized spacial score (nSPS) is 11.6. The number of hydrogen-bond donors (Lipinski definition) is 1. The predicted octanol–water partition coefficient (Wildman–Crippen LogP) is 3.38. The van der Waals surface area contributed by atoms with Crippen LogP contribution in [-0.2, 0) is 4.79 Å². The van der Waals surface area contributed by atoms with Gasteiger partial charge in [-0.2, -0.15) is 0 Å². The Kier molecular flexibility index (Phi) is 6.48. The molecular weight excluding hydrogens is 290 g/mol. The fourth-order valence-electron chi connectivity index (χ4n) is 2.45. The first-order valence-corrected chi connectivity index (χ1v) is 7.84. The molecule has 1 unspecified atom stereocenters. The molecule has 4 nitrogen and oxygen atoms in total. The number of para-hydroxylation sites is 2. The van der Waals surface area contributed by atoms with Crippen LogP contribution in [0.1, 0.15) is 24.8 Å². The maximum Gasteiger partial charge on any atom is 0.227 e. The molecule has 2 rings (SSSR count). The molecule has 0 radical (unpaired) electrons. The molecule has 1 N–H and O–H groups in total. The van der Waals surface area contributed by atoms with E-state index < -0.39 is 0 Å². The molecule has 0 aliphatic carbocycles. The van der Waals surface area contributed by atoms with Crippen molar-refractivity contribution in [1.82, 2.24) is 5.32 Å². The lowest BCUT2D eigenvalue weighted by atomic mass is 9.96. The number of amides is 1. The van der Waals surface area contributed by atoms with Crippen molar-refractivity contribution < 1.29 is 14.3 Å². The Labute approximate surface area is 137 Å². The van der Waals surface area contributed by atoms with Crippen LogP contribution in [0.3, 0.4) is 0 Å². The highest BCUT2D eigenvalue weighted by molar-refractivity contribution is 5.83. The summed E-state index contributed by atoms with van der Waals surface area (Å²) in [6.07, 6.45) is 0.767. The molecule has 0 heterocycles. The van der Waals surface area contributed by atoms with Crippen LogP contribution in [0.25, 0.3) is 0 Å². The SMILES string of the molecule is CCC(C(=O)NCCOc1ccccc1OC)c1ccccc1. The van der Waals surface area contributed by atoms with E-state index in [4.69, 9.17) is 9.47 Å². The molecule has 2 aromatic carbocycles. The zero-order chi connectivity index (χ0) is 16.5. The second-order valence-corrected chi connectivity index (χ2v) is 5.16. The standard InChI is InChI=1S/C19H23NO3/c1-3-16(15-9-5-4-6-10-15)19(21)20-13-14-23-18-12-8-7-11-17(18)22-2/h4-12,16H,3,13-14H2,1-2H3,(H,20,21). The van der Waals surface area contributed by atoms with Crippen molar-refractivity contribution in [2.24, 2.45) is 0 Å². The van der Waals surface area contributed by atoms with Crippen molar-refractivity contribution in [3.63, 3.8) is 0 Å². The minimum absolute atomic E-state index is 0.0299. The molecule has 0 saturated carbocycles. The van der Waals surface area contributed by atoms with E-state index in [0.29, 0.717) is 24.7 Å². The lowest BCUT2D eigenvalue weighted by Gasteiger charge is -2.16. The van der Waals surface area contributed by atoms with E-state index >= 15 is 0 Å². The molecule has 23 heavy (non-hydrogen) atoms. The van der Waals surface area contributed by atoms with Gasteiger partial charge in [0.25, 0.3) is 0 Å². The monoisotopic (exact) mass is 313 g/mol. The molecular formula is C19H23NO3. The number of carbonyl (C=O) groups excluding carboxylic acids is 1. The van der Waals surface area contributed by atoms with E-state index in [1.807, 2.05) is 61.5 Å². The lowest BCUT2D eigenvalue weighted by molar-refractivity contribution is -0.122. The fraction of sp³-hybridized carbons (Fsp3) is 0.316. The number of hydrogen-bond acceptors (Lipinski definition) is 3. The summed E-state index contributed by atoms with van der Waals surface area (Å²) in [5.74, 6) is 1.28. The van der Waals surface area contributed by atoms with Crippen molar-refractivity contribution in [2.45, 2.75) is 19.3 Å². The van der Waals surface area contributed by atoms with E-state index in [9.17, 15) is 4.79 Å². The average Bonchev–Trinajstić information content (AvgIpc) is 2.60. The summed E-state index contributed by atoms with van der Waals surface area (Å²) in [6.45, 7) is 2.88. The summed E-state index contributed by atoms with van der Waals surface area (Å²) in [4.78, 5) is 12.3. The number of ether oxygens (including phenoxy) is 2. The molecule has 2 aromatic rings. The topological polar surface area (TPSA) is 47.6 Å². The number of methoxy groups -OCH3 is 1. The van der Waals surface area contributed by atoms with Crippen molar-refractivity contribution in [3.8, 4) is 11.5 Å². The zero-order valence-corrected chi connectivity index (χ0v) is 13.6. The van der Waals surface area contributed by atoms with Crippen LogP contribution in [0.5, 0.6) is 11.5 Å². The third kappa shape index (κ3) is 4.74. The van der Waals surface area contributed by atoms with Crippen molar-refractivity contribution in [1.29, 1.82) is 0 Å². The first-order chi connectivity index (χ1) is 11.3. The van der Waals surface area contributed by atoms with Crippen LogP contribution in [0.15, 0.2) is 54.6 Å². The third-order valence-corrected chi connectivity index (χ3v) is 3.65. The van der Waals surface area contributed by atoms with Gasteiger partial charge in [-0.05, 0) is 24.1 Å². The minimum atomic E-state index is -0.123. The summed E-state index contributed by atoms with van der Waals surface area (Å²) in [5, 5.41) is 2.94. The summed E-state index contributed by atoms with van der Waals surface area (Å²) >= 11 is 0. The lowest BCUT2D eigenvalue weighted by Crippen LogP contribution is -2.32. The molecule has 0 spiro atoms. The Morgan fingerprint density at radius 1 is 1.04 bits per heavy atom. The van der Waals surface area contributed by atoms with Gasteiger partial charge in [-0.25, -0.2) is 0 Å². The largest absolute Gasteiger partial charge is 0.493 e. The van der Waals surface area contributed by atoms with Gasteiger partial charge in [0.1, 0.15) is 6.61 Å². The Balaban J connectivity index is 1.82. The number of nitrogens with one attached hydrogen (secondary N) is 1. The van der Waals surface area contributed by atoms with Crippen LogP contribution in [0, 0.1) is 0 Å². The van der Waals surface area contributed by atoms with E-state index in [1.165, 1.54) is 0 Å². The Bertz CT molecular complexity index is 613. The van der Waals surface area contributed by atoms with Crippen LogP contribution < -0.4 is 14.8 Å². The van der Waals surface area contributed by atoms with Gasteiger partial charge < -0.3 is 14.8 Å². The Morgan fingerprint density at radius 3 is 2.35 bits per heavy atom. The molecule has 4 heteroatoms. The molecule has 0 fully saturated rings. The molecule has 0 saturated heterocycles. The molecule has 122 valence electrons. The highest BCUT2D eigenvalue weighted by Crippen LogP contribution is 2.25. The number of carbonyl (C=O) groups is 1. The first-order valence-electron chi connectivity index (χ1n) is 7.84. The second-order valence-electron chi connectivity index (χ2n) is 5.16. The highest BCUT2D eigenvalue weighted by atomic mass is 16.5. The summed E-state index contributed by atoms with van der Waals surface area (Å²) in [6, 6.07) is 17.3. The molecule has 1 atom stereocenters. The predicted molar refractivity (Wildman–Crippen MR) is 91.0 cm³/mol. The molecule has 0 aliphatic heterocycles. The van der Waals surface area contributed by atoms with E-state index in [2.05, 4.69) is 5.32 Å². The fourth-order valence-corrected chi connectivity index (χ4v) is 2.45. The molecule has 0 aromatic heterocycles. The van der Waals surface area contributed by atoms with E-state index in [1.54, 1.807) is 7.11 Å². The van der Waals surface area contributed by atoms with Crippen LogP contribution >= 0.6 is 0 Å². The minimum Gasteiger partial charge on any atom is -0.493 e. The van der Waals surface area contributed by atoms with Gasteiger partial charge >= 0.3 is 0 Å². The van der Waals surface area contributed by atoms with Crippen LogP contribution in [0.4, 0.5) is 0 Å². The Morgan fingerprint density at radius 2 is 1.70 bits per heavy atom. The highest BCUT2D eigenvalue weighted by Gasteiger charge is 2.17. The molecule has 1 amide bonds. The molecule has 0 aliphatic rings. The summed E-state index contributed by atoms with van der Waals surface area (Å²) in [7, 11) is 1.61. The molecule has 0 bridgehead atoms. The van der Waals surface area contributed by atoms with Gasteiger partial charge in [-0.1, -0.05) is 49.4 Å².